The van der Waals surface area contributed by atoms with Gasteiger partial charge in [-0.1, -0.05) is 15.1 Å². The molecule has 0 aliphatic heterocycles. The molecule has 0 amide bonds. The number of azo groups is 4. The van der Waals surface area contributed by atoms with Gasteiger partial charge in [0.25, 0.3) is 36.0 Å². The molecule has 0 bridgehead atoms. The van der Waals surface area contributed by atoms with Gasteiger partial charge in [0.15, 0.2) is 17.2 Å². The fraction of sp³-hybridized carbons (Fsp3) is 0. The summed E-state index contributed by atoms with van der Waals surface area (Å²) in [6, 6.07) is 13.4. The summed E-state index contributed by atoms with van der Waals surface area (Å²) in [7, 11) is -16.1. The predicted octanol–water partition coefficient (Wildman–Crippen LogP) is 11.0. The number of nitro benzene ring substituents is 1. The van der Waals surface area contributed by atoms with Gasteiger partial charge in [0.1, 0.15) is 48.8 Å². The number of carbonyl (C=O) groups is 1. The van der Waals surface area contributed by atoms with E-state index in [4.69, 9.17) is 21.5 Å². The molecular formula is C39H26N10O25S6. The number of nitro groups is 1. The van der Waals surface area contributed by atoms with Crippen LogP contribution in [-0.4, -0.2) is 86.0 Å². The highest BCUT2D eigenvalue weighted by Gasteiger charge is 2.29. The lowest BCUT2D eigenvalue weighted by molar-refractivity contribution is -0.432. The summed E-state index contributed by atoms with van der Waals surface area (Å²) in [5.41, 5.74) is 0.420. The van der Waals surface area contributed by atoms with Crippen molar-refractivity contribution in [1.82, 2.24) is 0 Å². The Hall–Kier alpha value is -8.05. The third-order valence-corrected chi connectivity index (χ3v) is 14.6. The fourth-order valence-electron chi connectivity index (χ4n) is 6.76. The molecule has 0 aromatic heterocycles. The van der Waals surface area contributed by atoms with Crippen molar-refractivity contribution in [1.29, 1.82) is 0 Å². The molecule has 80 heavy (non-hydrogen) atoms. The maximum absolute atomic E-state index is 12.8. The van der Waals surface area contributed by atoms with Gasteiger partial charge in [0, 0.05) is 12.1 Å². The maximum atomic E-state index is 12.8. The van der Waals surface area contributed by atoms with Crippen LogP contribution in [0, 0.1) is 10.1 Å². The largest absolute Gasteiger partial charge is 0.505 e. The minimum Gasteiger partial charge on any atom is -0.505 e. The maximum Gasteiger partial charge on any atom is 0.335 e. The first-order valence-electron chi connectivity index (χ1n) is 20.2. The molecule has 41 heteroatoms. The molecule has 418 valence electrons. The number of rotatable bonds is 22. The number of nitrogens with two attached hydrogens (primary N) is 1. The number of benzene rings is 7. The quantitative estimate of drug-likeness (QED) is 0.00571. The van der Waals surface area contributed by atoms with E-state index >= 15 is 0 Å². The predicted molar refractivity (Wildman–Crippen MR) is 268 cm³/mol. The number of phenols is 3. The summed E-state index contributed by atoms with van der Waals surface area (Å²) in [4.78, 5) is 17.5. The monoisotopic (exact) mass is 1230 g/mol. The van der Waals surface area contributed by atoms with E-state index in [1.54, 1.807) is 0 Å². The normalized spacial score (nSPS) is 12.6. The molecule has 0 heterocycles. The van der Waals surface area contributed by atoms with Gasteiger partial charge >= 0.3 is 5.97 Å². The Kier molecular flexibility index (Phi) is 18.3. The van der Waals surface area contributed by atoms with Gasteiger partial charge in [-0.3, -0.25) is 23.8 Å². The Morgan fingerprint density at radius 2 is 0.950 bits per heavy atom. The lowest BCUT2D eigenvalue weighted by atomic mass is 10.1. The Morgan fingerprint density at radius 1 is 0.512 bits per heavy atom. The topological polar surface area (TPSA) is 545 Å². The Morgan fingerprint density at radius 3 is 1.49 bits per heavy atom. The van der Waals surface area contributed by atoms with E-state index in [1.165, 1.54) is 24.3 Å². The van der Waals surface area contributed by atoms with Gasteiger partial charge in [-0.25, -0.2) is 20.6 Å². The van der Waals surface area contributed by atoms with Crippen LogP contribution in [0.15, 0.2) is 155 Å². The number of hydrogen-bond acceptors (Lipinski definition) is 33. The van der Waals surface area contributed by atoms with Crippen LogP contribution in [0.25, 0.3) is 21.5 Å². The summed E-state index contributed by atoms with van der Waals surface area (Å²) in [6.45, 7) is 0. The van der Waals surface area contributed by atoms with Gasteiger partial charge in [-0.05, 0) is 83.6 Å². The van der Waals surface area contributed by atoms with E-state index in [9.17, 15) is 74.2 Å². The van der Waals surface area contributed by atoms with Crippen LogP contribution in [0.2, 0.25) is 0 Å². The van der Waals surface area contributed by atoms with Crippen molar-refractivity contribution in [2.75, 3.05) is 5.73 Å². The van der Waals surface area contributed by atoms with Crippen molar-refractivity contribution in [2.24, 2.45) is 40.9 Å². The second kappa shape index (κ2) is 24.5. The van der Waals surface area contributed by atoms with Crippen LogP contribution in [-0.2, 0) is 58.5 Å². The molecule has 7 aromatic carbocycles. The highest BCUT2D eigenvalue weighted by atomic mass is 32.2. The Balaban J connectivity index is 1.33. The van der Waals surface area contributed by atoms with E-state index in [2.05, 4.69) is 69.0 Å². The number of phenolic OH excluding ortho intramolecular Hbond substituents is 3. The molecule has 0 unspecified atom stereocenters. The third kappa shape index (κ3) is 13.3. The molecule has 0 saturated carbocycles. The van der Waals surface area contributed by atoms with Crippen LogP contribution < -0.4 is 5.73 Å². The summed E-state index contributed by atoms with van der Waals surface area (Å²) in [6.07, 6.45) is 0. The Bertz CT molecular complexity index is 4140. The molecule has 35 nitrogen and oxygen atoms in total. The standard InChI is InChI=1S/C39H26N10O25S6/c40-31-29-16(9-24(76-73-70-58)32(31)45-41-18-3-1-15(2-4-18)39(53)54)11-27(79(63,64)65)34(36(29)50)47-42-19-5-7-22(26(13-19)78(60,61)62)44-46-33-25(77-74-71-59)10-17-12-28(80(66,67)68)35(38(52)30(17)37(33)51)48-43-21-8-6-20(49(55)56)14-23(21)75-72-69-57/h1-14,50-52,57-59H,40H2,(H,53,54)(H,60,61,62)(H,63,64,65)(H,66,67,68). The molecule has 12 N–H and O–H groups in total. The molecule has 0 atom stereocenters. The number of anilines is 1. The number of nitrogen functional groups attached to an aromatic ring is 1. The summed E-state index contributed by atoms with van der Waals surface area (Å²) in [5, 5.41) is 121. The van der Waals surface area contributed by atoms with Crippen molar-refractivity contribution < 1.29 is 113 Å². The van der Waals surface area contributed by atoms with Gasteiger partial charge < -0.3 is 26.2 Å². The van der Waals surface area contributed by atoms with Crippen LogP contribution in [0.5, 0.6) is 17.2 Å². The van der Waals surface area contributed by atoms with Crippen LogP contribution >= 0.6 is 36.1 Å². The summed E-state index contributed by atoms with van der Waals surface area (Å²) < 4.78 is 120. The number of non-ortho nitro benzene ring substituents is 1. The molecule has 0 spiro atoms. The average molecular weight is 1230 g/mol. The van der Waals surface area contributed by atoms with Crippen LogP contribution in [0.4, 0.5) is 56.9 Å². The fourth-order valence-corrected chi connectivity index (χ4v) is 10.2. The van der Waals surface area contributed by atoms with E-state index in [-0.39, 0.29) is 73.9 Å². The van der Waals surface area contributed by atoms with Crippen molar-refractivity contribution in [3.05, 3.63) is 101 Å². The summed E-state index contributed by atoms with van der Waals surface area (Å²) in [5.74, 6) is -4.75. The highest BCUT2D eigenvalue weighted by molar-refractivity contribution is 7.95. The van der Waals surface area contributed by atoms with Crippen molar-refractivity contribution in [2.45, 2.75) is 29.4 Å². The summed E-state index contributed by atoms with van der Waals surface area (Å²) >= 11 is 0.462. The number of carboxylic acids is 1. The van der Waals surface area contributed by atoms with Crippen molar-refractivity contribution >= 4 is 151 Å². The molecule has 0 aliphatic carbocycles. The number of nitrogens with zero attached hydrogens (tertiary/aromatic N) is 9. The minimum atomic E-state index is -5.40. The first-order valence-corrected chi connectivity index (χ1v) is 26.8. The van der Waals surface area contributed by atoms with Crippen LogP contribution in [0.1, 0.15) is 10.4 Å². The zero-order valence-electron chi connectivity index (χ0n) is 38.2. The SMILES string of the molecule is Nc1c(N=Nc2ccc(C(=O)O)cc2)c(SOOO)cc2cc(S(=O)(=O)O)c(N=Nc3ccc(N=Nc4c(SOOO)cc5cc(S(=O)(=O)O)c(N=Nc6ccc([N+](=O)[O-])cc6SOOO)c(O)c5c4O)c(S(=O)(=O)O)c3)c(O)c12. The zero-order chi connectivity index (χ0) is 58.4. The van der Waals surface area contributed by atoms with E-state index in [0.29, 0.717) is 12.1 Å². The van der Waals surface area contributed by atoms with Gasteiger partial charge in [-0.15, -0.1) is 43.7 Å². The number of hydrogen-bond donors (Lipinski definition) is 11. The molecule has 7 aromatic rings. The molecule has 0 aliphatic rings. The van der Waals surface area contributed by atoms with Gasteiger partial charge in [0.05, 0.1) is 89.1 Å². The third-order valence-electron chi connectivity index (χ3n) is 10.1. The molecular weight excluding hydrogens is 1200 g/mol. The lowest BCUT2D eigenvalue weighted by Crippen LogP contribution is -2.00. The molecule has 0 saturated heterocycles. The van der Waals surface area contributed by atoms with Crippen molar-refractivity contribution in [3.8, 4) is 17.2 Å². The first-order chi connectivity index (χ1) is 37.8. The van der Waals surface area contributed by atoms with E-state index < -0.39 is 134 Å². The average Bonchev–Trinajstić information content (AvgIpc) is 3.39. The smallest absolute Gasteiger partial charge is 0.335 e. The molecule has 0 fully saturated rings. The number of aromatic carboxylic acids is 1. The highest BCUT2D eigenvalue weighted by Crippen LogP contribution is 2.53. The van der Waals surface area contributed by atoms with Crippen LogP contribution in [0.3, 0.4) is 0 Å². The van der Waals surface area contributed by atoms with Gasteiger partial charge in [0.2, 0.25) is 0 Å². The number of aromatic hydroxyl groups is 3. The molecule has 0 radical (unpaired) electrons. The molecule has 7 rings (SSSR count). The second-order valence-electron chi connectivity index (χ2n) is 14.9. The second-order valence-corrected chi connectivity index (χ2v) is 21.3. The zero-order valence-corrected chi connectivity index (χ0v) is 43.1. The number of carboxylic acid groups (broad SMARTS) is 1. The lowest BCUT2D eigenvalue weighted by Gasteiger charge is -2.14. The Labute approximate surface area is 455 Å². The number of fused-ring (bicyclic) bond motifs is 2. The first kappa shape index (κ1) is 59.6. The van der Waals surface area contributed by atoms with Crippen molar-refractivity contribution in [3.63, 3.8) is 0 Å². The van der Waals surface area contributed by atoms with Gasteiger partial charge in [-0.2, -0.15) is 35.5 Å². The minimum absolute atomic E-state index is 0.0398. The van der Waals surface area contributed by atoms with E-state index in [0.717, 1.165) is 48.5 Å². The van der Waals surface area contributed by atoms with E-state index in [1.807, 2.05) is 0 Å².